The van der Waals surface area contributed by atoms with Gasteiger partial charge in [0.2, 0.25) is 0 Å². The summed E-state index contributed by atoms with van der Waals surface area (Å²) in [6.45, 7) is 19.3. The van der Waals surface area contributed by atoms with Crippen LogP contribution in [0.5, 0.6) is 0 Å². The van der Waals surface area contributed by atoms with Crippen LogP contribution in [0.15, 0.2) is 23.3 Å². The second kappa shape index (κ2) is 12.7. The molecule has 0 radical (unpaired) electrons. The van der Waals surface area contributed by atoms with Crippen LogP contribution in [0.2, 0.25) is 0 Å². The molecule has 2 rings (SSSR count). The number of pyridine rings is 1. The van der Waals surface area contributed by atoms with Gasteiger partial charge in [0.1, 0.15) is 5.82 Å². The predicted octanol–water partition coefficient (Wildman–Crippen LogP) is 2.87. The number of aromatic nitrogens is 1. The fourth-order valence-electron chi connectivity index (χ4n) is 3.85. The van der Waals surface area contributed by atoms with Gasteiger partial charge in [-0.2, -0.15) is 0 Å². The fraction of sp³-hybridized carbons (Fsp3) is 0.739. The third-order valence-electron chi connectivity index (χ3n) is 5.35. The number of hydrogen-bond donors (Lipinski definition) is 2. The van der Waals surface area contributed by atoms with E-state index in [-0.39, 0.29) is 6.10 Å². The summed E-state index contributed by atoms with van der Waals surface area (Å²) in [5.41, 5.74) is 1.17. The predicted molar refractivity (Wildman–Crippen MR) is 126 cm³/mol. The first-order valence-corrected chi connectivity index (χ1v) is 11.5. The van der Waals surface area contributed by atoms with Gasteiger partial charge in [-0.3, -0.25) is 4.90 Å². The van der Waals surface area contributed by atoms with Crippen molar-refractivity contribution in [3.63, 3.8) is 0 Å². The summed E-state index contributed by atoms with van der Waals surface area (Å²) < 4.78 is 5.64. The molecule has 1 fully saturated rings. The minimum atomic E-state index is 0.245. The highest BCUT2D eigenvalue weighted by atomic mass is 16.5. The number of rotatable bonds is 10. The van der Waals surface area contributed by atoms with Crippen LogP contribution < -0.4 is 15.5 Å². The minimum absolute atomic E-state index is 0.245. The molecule has 1 aliphatic rings. The van der Waals surface area contributed by atoms with Crippen molar-refractivity contribution >= 4 is 11.8 Å². The van der Waals surface area contributed by atoms with Gasteiger partial charge >= 0.3 is 0 Å². The summed E-state index contributed by atoms with van der Waals surface area (Å²) in [5, 5.41) is 6.83. The normalized spacial score (nSPS) is 17.8. The van der Waals surface area contributed by atoms with E-state index in [1.807, 2.05) is 12.3 Å². The van der Waals surface area contributed by atoms with E-state index in [9.17, 15) is 0 Å². The van der Waals surface area contributed by atoms with Gasteiger partial charge in [0.15, 0.2) is 5.96 Å². The Morgan fingerprint density at radius 1 is 1.30 bits per heavy atom. The molecule has 1 aromatic heterocycles. The molecule has 1 saturated heterocycles. The Morgan fingerprint density at radius 3 is 2.73 bits per heavy atom. The lowest BCUT2D eigenvalue weighted by atomic mass is 10.2. The molecule has 0 saturated carbocycles. The molecule has 7 nitrogen and oxygen atoms in total. The van der Waals surface area contributed by atoms with Crippen molar-refractivity contribution in [2.45, 2.75) is 72.7 Å². The van der Waals surface area contributed by atoms with Crippen molar-refractivity contribution < 1.29 is 4.74 Å². The Hall–Kier alpha value is -1.86. The topological polar surface area (TPSA) is 65.0 Å². The van der Waals surface area contributed by atoms with Crippen LogP contribution in [-0.2, 0) is 11.3 Å². The molecule has 0 amide bonds. The zero-order valence-electron chi connectivity index (χ0n) is 19.8. The Bertz CT molecular complexity index is 640. The van der Waals surface area contributed by atoms with E-state index < -0.39 is 0 Å². The smallest absolute Gasteiger partial charge is 0.191 e. The Labute approximate surface area is 183 Å². The second-order valence-electron chi connectivity index (χ2n) is 8.55. The van der Waals surface area contributed by atoms with Crippen molar-refractivity contribution in [2.75, 3.05) is 44.2 Å². The van der Waals surface area contributed by atoms with Crippen LogP contribution in [0.3, 0.4) is 0 Å². The maximum Gasteiger partial charge on any atom is 0.191 e. The zero-order valence-corrected chi connectivity index (χ0v) is 19.8. The van der Waals surface area contributed by atoms with Gasteiger partial charge in [-0.1, -0.05) is 0 Å². The summed E-state index contributed by atoms with van der Waals surface area (Å²) >= 11 is 0. The molecule has 2 N–H and O–H groups in total. The lowest BCUT2D eigenvalue weighted by Crippen LogP contribution is -2.41. The molecule has 7 heteroatoms. The molecule has 1 aromatic rings. The maximum absolute atomic E-state index is 5.64. The first-order chi connectivity index (χ1) is 14.4. The van der Waals surface area contributed by atoms with E-state index in [1.54, 1.807) is 0 Å². The summed E-state index contributed by atoms with van der Waals surface area (Å²) in [7, 11) is 0. The number of guanidine groups is 1. The lowest BCUT2D eigenvalue weighted by Gasteiger charge is -2.32. The van der Waals surface area contributed by atoms with Crippen LogP contribution in [0, 0.1) is 0 Å². The molecule has 0 aromatic carbocycles. The van der Waals surface area contributed by atoms with Crippen molar-refractivity contribution in [1.29, 1.82) is 0 Å². The molecule has 0 aliphatic carbocycles. The largest absolute Gasteiger partial charge is 0.375 e. The number of morpholine rings is 1. The van der Waals surface area contributed by atoms with Gasteiger partial charge in [-0.25, -0.2) is 9.98 Å². The van der Waals surface area contributed by atoms with Crippen molar-refractivity contribution in [3.8, 4) is 0 Å². The van der Waals surface area contributed by atoms with Crippen LogP contribution in [0.4, 0.5) is 5.82 Å². The first kappa shape index (κ1) is 24.4. The van der Waals surface area contributed by atoms with Gasteiger partial charge in [0.25, 0.3) is 0 Å². The van der Waals surface area contributed by atoms with E-state index in [1.165, 1.54) is 5.56 Å². The molecule has 0 bridgehead atoms. The summed E-state index contributed by atoms with van der Waals surface area (Å²) in [5.74, 6) is 1.88. The molecule has 1 atom stereocenters. The van der Waals surface area contributed by atoms with E-state index >= 15 is 0 Å². The van der Waals surface area contributed by atoms with Gasteiger partial charge in [-0.05, 0) is 65.7 Å². The standard InChI is InChI=1S/C23H42N6O/c1-7-24-23(26-10-8-12-29(18(2)3)19(4)5)27-16-21-9-11-25-22(15-21)28-13-14-30-20(6)17-28/h9,11,15,18-20H,7-8,10,12-14,16-17H2,1-6H3,(H2,24,26,27). The van der Waals surface area contributed by atoms with E-state index in [2.05, 4.69) is 73.0 Å². The molecule has 0 spiro atoms. The SMILES string of the molecule is CCNC(=NCc1ccnc(N2CCOC(C)C2)c1)NCCCN(C(C)C)C(C)C. The Balaban J connectivity index is 1.88. The van der Waals surface area contributed by atoms with Crippen LogP contribution in [0.25, 0.3) is 0 Å². The summed E-state index contributed by atoms with van der Waals surface area (Å²) in [4.78, 5) is 14.2. The number of nitrogens with one attached hydrogen (secondary N) is 2. The molecule has 2 heterocycles. The maximum atomic E-state index is 5.64. The highest BCUT2D eigenvalue weighted by Gasteiger charge is 2.18. The van der Waals surface area contributed by atoms with Gasteiger partial charge in [0, 0.05) is 51.0 Å². The highest BCUT2D eigenvalue weighted by Crippen LogP contribution is 2.17. The minimum Gasteiger partial charge on any atom is -0.375 e. The molecule has 1 unspecified atom stereocenters. The summed E-state index contributed by atoms with van der Waals surface area (Å²) in [6, 6.07) is 5.34. The van der Waals surface area contributed by atoms with Crippen LogP contribution >= 0.6 is 0 Å². The Kier molecular flexibility index (Phi) is 10.4. The van der Waals surface area contributed by atoms with Crippen molar-refractivity contribution in [3.05, 3.63) is 23.9 Å². The van der Waals surface area contributed by atoms with Gasteiger partial charge in [0.05, 0.1) is 19.3 Å². The first-order valence-electron chi connectivity index (χ1n) is 11.5. The third kappa shape index (κ3) is 8.11. The number of ether oxygens (including phenoxy) is 1. The average molecular weight is 419 g/mol. The Morgan fingerprint density at radius 2 is 2.07 bits per heavy atom. The molecular weight excluding hydrogens is 376 g/mol. The molecule has 30 heavy (non-hydrogen) atoms. The third-order valence-corrected chi connectivity index (χ3v) is 5.35. The van der Waals surface area contributed by atoms with Crippen LogP contribution in [0.1, 0.15) is 53.5 Å². The zero-order chi connectivity index (χ0) is 21.9. The van der Waals surface area contributed by atoms with Crippen molar-refractivity contribution in [1.82, 2.24) is 20.5 Å². The fourth-order valence-corrected chi connectivity index (χ4v) is 3.85. The second-order valence-corrected chi connectivity index (χ2v) is 8.55. The number of anilines is 1. The molecule has 170 valence electrons. The number of nitrogens with zero attached hydrogens (tertiary/aromatic N) is 4. The lowest BCUT2D eigenvalue weighted by molar-refractivity contribution is 0.0529. The van der Waals surface area contributed by atoms with E-state index in [0.29, 0.717) is 18.6 Å². The van der Waals surface area contributed by atoms with Crippen molar-refractivity contribution in [2.24, 2.45) is 4.99 Å². The number of hydrogen-bond acceptors (Lipinski definition) is 5. The van der Waals surface area contributed by atoms with Gasteiger partial charge in [-0.15, -0.1) is 0 Å². The monoisotopic (exact) mass is 418 g/mol. The quantitative estimate of drug-likeness (QED) is 0.346. The molecular formula is C23H42N6O. The summed E-state index contributed by atoms with van der Waals surface area (Å²) in [6.07, 6.45) is 3.22. The highest BCUT2D eigenvalue weighted by molar-refractivity contribution is 5.79. The molecule has 1 aliphatic heterocycles. The average Bonchev–Trinajstić information content (AvgIpc) is 2.71. The number of aliphatic imine (C=N–C) groups is 1. The van der Waals surface area contributed by atoms with Gasteiger partial charge < -0.3 is 20.3 Å². The van der Waals surface area contributed by atoms with Crippen LogP contribution in [-0.4, -0.2) is 73.4 Å². The van der Waals surface area contributed by atoms with E-state index in [4.69, 9.17) is 9.73 Å². The van der Waals surface area contributed by atoms with E-state index in [0.717, 1.165) is 57.5 Å².